The molecule has 2 atom stereocenters. The molecule has 0 saturated heterocycles. The molecule has 0 heterocycles. The van der Waals surface area contributed by atoms with Gasteiger partial charge in [-0.2, -0.15) is 0 Å². The molecule has 5 aromatic rings. The second-order valence-corrected chi connectivity index (χ2v) is 33.2. The third-order valence-corrected chi connectivity index (χ3v) is 15.4. The Morgan fingerprint density at radius 1 is 0.395 bits per heavy atom. The van der Waals surface area contributed by atoms with Crippen molar-refractivity contribution in [2.45, 2.75) is 223 Å². The summed E-state index contributed by atoms with van der Waals surface area (Å²) in [6.07, 6.45) is 0.284. The van der Waals surface area contributed by atoms with E-state index in [1.54, 1.807) is 152 Å². The number of benzene rings is 5. The fourth-order valence-electron chi connectivity index (χ4n) is 7.60. The fraction of sp³-hybridized carbons (Fsp3) is 0.512. The number of hydrogen-bond donors (Lipinski definition) is 8. The van der Waals surface area contributed by atoms with Crippen LogP contribution in [-0.2, 0) is 40.0 Å². The van der Waals surface area contributed by atoms with Gasteiger partial charge in [0, 0.05) is 92.1 Å². The van der Waals surface area contributed by atoms with Gasteiger partial charge in [-0.05, 0) is 165 Å². The van der Waals surface area contributed by atoms with Gasteiger partial charge in [-0.15, -0.1) is 12.4 Å². The van der Waals surface area contributed by atoms with Gasteiger partial charge in [0.05, 0.1) is 62.5 Å². The molecule has 32 heteroatoms. The Bertz CT molecular complexity index is 4140. The molecule has 0 aliphatic carbocycles. The van der Waals surface area contributed by atoms with Gasteiger partial charge >= 0.3 is 59.4 Å². The van der Waals surface area contributed by atoms with Crippen LogP contribution in [0.1, 0.15) is 266 Å². The third-order valence-electron chi connectivity index (χ3n) is 14.8. The van der Waals surface area contributed by atoms with Crippen molar-refractivity contribution in [2.24, 2.45) is 49.4 Å². The van der Waals surface area contributed by atoms with Crippen LogP contribution in [0.15, 0.2) is 60.7 Å². The van der Waals surface area contributed by atoms with E-state index in [9.17, 15) is 80.1 Å². The van der Waals surface area contributed by atoms with Crippen LogP contribution in [-0.4, -0.2) is 110 Å². The Hall–Kier alpha value is -7.87. The first kappa shape index (κ1) is 112. The number of nitrogens with two attached hydrogens (primary N) is 2. The van der Waals surface area contributed by atoms with Crippen molar-refractivity contribution in [3.8, 4) is 51.7 Å². The summed E-state index contributed by atoms with van der Waals surface area (Å²) < 4.78 is 95.6. The van der Waals surface area contributed by atoms with E-state index in [0.717, 1.165) is 42.5 Å². The van der Waals surface area contributed by atoms with E-state index in [0.29, 0.717) is 37.3 Å². The monoisotopic (exact) mass is 1660 g/mol. The number of Topliss-reactive ketones (excluding diaryl/α,β-unsaturated/α-hetero) is 4. The summed E-state index contributed by atoms with van der Waals surface area (Å²) >= 11 is 5.11. The van der Waals surface area contributed by atoms with Gasteiger partial charge in [0.2, 0.25) is 5.24 Å². The average Bonchev–Trinajstić information content (AvgIpc) is 0.812. The SMILES string of the molecule is CC(C)(C)C(=O)Cl.CC(C)(C)C(=O)Oc1cc(F)c(C(O)CN)cc1OC(=O)C(C)(C)C.CCCC(=O)c1cc(CC(=O)C(C)(C)C)c(OC(=O)C(C)(C)C)cc1F.CCCC(=O)c1cc(O)c(O)cc1F.CCCC(O)c1cc(OC(=O)C(C)(C)C)c(OC(=O)C(C)(C)C)cc1F.Cl.NCC(=O)c1cc(O)c(O)cc1F.[B].[H-].[Na+]. The van der Waals surface area contributed by atoms with E-state index in [-0.39, 0.29) is 169 Å². The second-order valence-electron chi connectivity index (χ2n) is 32.8. The zero-order valence-corrected chi connectivity index (χ0v) is 73.6. The molecule has 5 aromatic carbocycles. The van der Waals surface area contributed by atoms with Crippen molar-refractivity contribution in [1.29, 1.82) is 0 Å². The van der Waals surface area contributed by atoms with Crippen LogP contribution < -0.4 is 64.7 Å². The van der Waals surface area contributed by atoms with Crippen LogP contribution >= 0.6 is 24.0 Å². The molecule has 0 spiro atoms. The number of carbonyl (C=O) groups is 10. The summed E-state index contributed by atoms with van der Waals surface area (Å²) in [6.45, 7) is 40.5. The van der Waals surface area contributed by atoms with Crippen LogP contribution in [0.2, 0.25) is 0 Å². The summed E-state index contributed by atoms with van der Waals surface area (Å²) in [5.74, 6) is -11.2. The molecule has 5 rings (SSSR count). The van der Waals surface area contributed by atoms with Crippen LogP contribution in [0.5, 0.6) is 51.7 Å². The molecule has 23 nitrogen and oxygen atoms in total. The Labute approximate surface area is 702 Å². The van der Waals surface area contributed by atoms with Crippen molar-refractivity contribution in [3.05, 3.63) is 123 Å². The number of aliphatic hydroxyl groups excluding tert-OH is 2. The Morgan fingerprint density at radius 3 is 0.930 bits per heavy atom. The van der Waals surface area contributed by atoms with E-state index < -0.39 is 132 Å². The summed E-state index contributed by atoms with van der Waals surface area (Å²) in [7, 11) is 0. The Balaban J connectivity index is -0.000000434. The standard InChI is InChI=1S/C21H29FO4.C20H29FO5.C18H26FNO5.C10H11FO3.C8H8FNO3.C5H9ClO.B.ClH.Na.H/c1-8-9-16(23)14-10-13(11-18(24)20(2,3)4)17(12-15(14)22)26-19(25)21(5,6)7;1-8-9-14(22)12-10-15(25-17(23)19(2,3)4)16(11-13(12)21)26-18(24)20(5,6)7;1-17(2,3)15(22)24-13-7-10(12(21)9-20)11(19)8-14(13)25-16(23)18(4,5)6;1-2-3-8(12)6-4-9(13)10(14)5-7(6)11;9-5-2-7(12)6(11)1-4(5)8(13)3-10;1-5(2,3)4(6)7;;;;/h10,12H,8-9,11H2,1-7H3;10-11,14,22H,8-9H2,1-7H3;7-8,12,21H,9,20H2,1-6H3;4-5,13-14H,2-3H2,1H3;1-2,11-12H,3,10H2;1-3H3;;1H;;/q;;;;;;;;+1;-1. The number of ketones is 4. The van der Waals surface area contributed by atoms with Crippen LogP contribution in [0.3, 0.4) is 0 Å². The quantitative estimate of drug-likeness (QED) is 0.00682. The molecule has 3 radical (unpaired) electrons. The number of rotatable bonds is 20. The molecular formula is C82H114BCl2F5N2NaO21. The third kappa shape index (κ3) is 37.8. The molecule has 0 saturated carbocycles. The van der Waals surface area contributed by atoms with E-state index >= 15 is 0 Å². The summed E-state index contributed by atoms with van der Waals surface area (Å²) in [5, 5.41) is 55.5. The maximum Gasteiger partial charge on any atom is 1.00 e. The molecule has 631 valence electrons. The number of ether oxygens (including phenoxy) is 5. The maximum atomic E-state index is 14.4. The minimum absolute atomic E-state index is 0. The topological polar surface area (TPSA) is 390 Å². The number of aliphatic hydroxyl groups is 2. The van der Waals surface area contributed by atoms with E-state index in [4.69, 9.17) is 67.2 Å². The van der Waals surface area contributed by atoms with Gasteiger partial charge in [-0.3, -0.25) is 47.9 Å². The van der Waals surface area contributed by atoms with E-state index in [1.165, 1.54) is 12.1 Å². The number of carbonyl (C=O) groups excluding carboxylic acids is 10. The van der Waals surface area contributed by atoms with Crippen molar-refractivity contribution in [1.82, 2.24) is 0 Å². The number of esters is 5. The summed E-state index contributed by atoms with van der Waals surface area (Å²) in [5.41, 5.74) is 4.96. The minimum atomic E-state index is -1.28. The molecule has 0 amide bonds. The molecule has 10 N–H and O–H groups in total. The van der Waals surface area contributed by atoms with Crippen molar-refractivity contribution in [3.63, 3.8) is 0 Å². The summed E-state index contributed by atoms with van der Waals surface area (Å²) in [4.78, 5) is 118. The molecule has 0 aliphatic heterocycles. The molecule has 0 bridgehead atoms. The first-order valence-electron chi connectivity index (χ1n) is 35.5. The fourth-order valence-corrected chi connectivity index (χ4v) is 7.60. The van der Waals surface area contributed by atoms with E-state index in [2.05, 4.69) is 0 Å². The number of phenols is 4. The van der Waals surface area contributed by atoms with Gasteiger partial charge < -0.3 is 67.2 Å². The minimum Gasteiger partial charge on any atom is -1.00 e. The predicted molar refractivity (Wildman–Crippen MR) is 422 cm³/mol. The molecule has 0 aliphatic rings. The first-order chi connectivity index (χ1) is 50.4. The Morgan fingerprint density at radius 2 is 0.658 bits per heavy atom. The van der Waals surface area contributed by atoms with Gasteiger partial charge in [-0.1, -0.05) is 68.7 Å². The molecule has 114 heavy (non-hydrogen) atoms. The van der Waals surface area contributed by atoms with Crippen molar-refractivity contribution >= 4 is 90.6 Å². The van der Waals surface area contributed by atoms with Crippen molar-refractivity contribution < 1.29 is 155 Å². The predicted octanol–water partition coefficient (Wildman–Crippen LogP) is 13.8. The first-order valence-corrected chi connectivity index (χ1v) is 35.9. The van der Waals surface area contributed by atoms with Crippen LogP contribution in [0, 0.1) is 67.0 Å². The number of halogens is 7. The maximum absolute atomic E-state index is 14.4. The average molecular weight is 1660 g/mol. The smallest absolute Gasteiger partial charge is 1.00 e. The molecule has 0 aromatic heterocycles. The summed E-state index contributed by atoms with van der Waals surface area (Å²) in [6, 6.07) is 9.82. The van der Waals surface area contributed by atoms with Crippen LogP contribution in [0.25, 0.3) is 0 Å². The molecule has 0 fully saturated rings. The van der Waals surface area contributed by atoms with Gasteiger partial charge in [0.15, 0.2) is 63.3 Å². The zero-order chi connectivity index (χ0) is 86.9. The molecular weight excluding hydrogens is 1550 g/mol. The Kier molecular flexibility index (Phi) is 47.3. The van der Waals surface area contributed by atoms with Gasteiger partial charge in [0.25, 0.3) is 0 Å². The number of aromatic hydroxyl groups is 4. The van der Waals surface area contributed by atoms with Crippen molar-refractivity contribution in [2.75, 3.05) is 13.1 Å². The number of phenolic OH excluding ortho intramolecular Hbond substituents is 4. The van der Waals surface area contributed by atoms with Gasteiger partial charge in [-0.25, -0.2) is 22.0 Å². The zero-order valence-electron chi connectivity index (χ0n) is 71.0. The van der Waals surface area contributed by atoms with Gasteiger partial charge in [0.1, 0.15) is 40.6 Å². The normalized spacial score (nSPS) is 11.8. The second kappa shape index (κ2) is 48.0. The number of hydrogen-bond acceptors (Lipinski definition) is 23. The van der Waals surface area contributed by atoms with E-state index in [1.807, 2.05) is 13.8 Å². The van der Waals surface area contributed by atoms with Crippen LogP contribution in [0.4, 0.5) is 22.0 Å². The molecule has 2 unspecified atom stereocenters. The largest absolute Gasteiger partial charge is 1.00 e.